The molecule has 0 saturated carbocycles. The Hall–Kier alpha value is -0.790. The first-order valence-corrected chi connectivity index (χ1v) is 7.21. The van der Waals surface area contributed by atoms with Crippen LogP contribution < -0.4 is 10.6 Å². The maximum absolute atomic E-state index is 4.59. The van der Waals surface area contributed by atoms with Gasteiger partial charge in [0, 0.05) is 24.8 Å². The van der Waals surface area contributed by atoms with Gasteiger partial charge in [0.1, 0.15) is 0 Å². The minimum absolute atomic E-state index is 0. The van der Waals surface area contributed by atoms with E-state index in [9.17, 15) is 0 Å². The van der Waals surface area contributed by atoms with Crippen LogP contribution in [-0.2, 0) is 6.42 Å². The van der Waals surface area contributed by atoms with Crippen molar-refractivity contribution in [2.24, 2.45) is 4.99 Å². The molecular formula is C14H28IN5. The lowest BCUT2D eigenvalue weighted by Gasteiger charge is -2.16. The van der Waals surface area contributed by atoms with Crippen LogP contribution in [-0.4, -0.2) is 35.3 Å². The summed E-state index contributed by atoms with van der Waals surface area (Å²) in [4.78, 5) is 4.59. The van der Waals surface area contributed by atoms with Gasteiger partial charge in [-0.1, -0.05) is 6.92 Å². The molecule has 0 bridgehead atoms. The van der Waals surface area contributed by atoms with Crippen LogP contribution in [0.15, 0.2) is 11.2 Å². The highest BCUT2D eigenvalue weighted by atomic mass is 127. The fraction of sp³-hybridized carbons (Fsp3) is 0.714. The molecule has 116 valence electrons. The number of rotatable bonds is 7. The van der Waals surface area contributed by atoms with Crippen molar-refractivity contribution in [1.29, 1.82) is 0 Å². The van der Waals surface area contributed by atoms with Crippen molar-refractivity contribution in [2.75, 3.05) is 13.1 Å². The van der Waals surface area contributed by atoms with Gasteiger partial charge in [-0.2, -0.15) is 5.10 Å². The first-order chi connectivity index (χ1) is 9.17. The van der Waals surface area contributed by atoms with E-state index < -0.39 is 0 Å². The van der Waals surface area contributed by atoms with Crippen LogP contribution >= 0.6 is 24.0 Å². The van der Waals surface area contributed by atoms with E-state index in [-0.39, 0.29) is 24.0 Å². The molecule has 0 aromatic carbocycles. The Morgan fingerprint density at radius 2 is 2.20 bits per heavy atom. The molecule has 1 aromatic rings. The van der Waals surface area contributed by atoms with Crippen molar-refractivity contribution in [3.8, 4) is 0 Å². The molecule has 0 fully saturated rings. The molecule has 0 aliphatic heterocycles. The van der Waals surface area contributed by atoms with Gasteiger partial charge in [-0.25, -0.2) is 0 Å². The average molecular weight is 393 g/mol. The van der Waals surface area contributed by atoms with Crippen molar-refractivity contribution in [1.82, 2.24) is 20.8 Å². The second-order valence-corrected chi connectivity index (χ2v) is 4.84. The number of H-pyrrole nitrogens is 1. The van der Waals surface area contributed by atoms with Crippen molar-refractivity contribution in [3.63, 3.8) is 0 Å². The number of nitrogens with zero attached hydrogens (tertiary/aromatic N) is 2. The van der Waals surface area contributed by atoms with Crippen LogP contribution in [0, 0.1) is 6.92 Å². The van der Waals surface area contributed by atoms with E-state index in [1.807, 2.05) is 6.20 Å². The van der Waals surface area contributed by atoms with Gasteiger partial charge in [-0.05, 0) is 45.6 Å². The summed E-state index contributed by atoms with van der Waals surface area (Å²) < 4.78 is 0. The minimum Gasteiger partial charge on any atom is -0.357 e. The lowest BCUT2D eigenvalue weighted by molar-refractivity contribution is 0.623. The molecule has 0 aliphatic carbocycles. The maximum Gasteiger partial charge on any atom is 0.191 e. The van der Waals surface area contributed by atoms with Crippen molar-refractivity contribution in [2.45, 2.75) is 53.0 Å². The molecule has 1 rings (SSSR count). The number of aromatic amines is 1. The van der Waals surface area contributed by atoms with Crippen LogP contribution in [0.3, 0.4) is 0 Å². The smallest absolute Gasteiger partial charge is 0.191 e. The van der Waals surface area contributed by atoms with Gasteiger partial charge >= 0.3 is 0 Å². The van der Waals surface area contributed by atoms with Gasteiger partial charge in [-0.15, -0.1) is 24.0 Å². The van der Waals surface area contributed by atoms with E-state index in [1.165, 1.54) is 5.56 Å². The fourth-order valence-electron chi connectivity index (χ4n) is 1.74. The molecule has 0 saturated heterocycles. The monoisotopic (exact) mass is 393 g/mol. The summed E-state index contributed by atoms with van der Waals surface area (Å²) >= 11 is 0. The lowest BCUT2D eigenvalue weighted by Crippen LogP contribution is -2.42. The summed E-state index contributed by atoms with van der Waals surface area (Å²) in [6, 6.07) is 0.453. The summed E-state index contributed by atoms with van der Waals surface area (Å²) in [7, 11) is 0. The summed E-state index contributed by atoms with van der Waals surface area (Å²) in [5.41, 5.74) is 2.45. The van der Waals surface area contributed by atoms with Crippen molar-refractivity contribution < 1.29 is 0 Å². The van der Waals surface area contributed by atoms with Crippen molar-refractivity contribution in [3.05, 3.63) is 17.5 Å². The molecule has 0 radical (unpaired) electrons. The second-order valence-electron chi connectivity index (χ2n) is 4.84. The fourth-order valence-corrected chi connectivity index (χ4v) is 1.74. The van der Waals surface area contributed by atoms with E-state index >= 15 is 0 Å². The molecule has 1 aromatic heterocycles. The number of aromatic nitrogens is 2. The topological polar surface area (TPSA) is 65.1 Å². The second kappa shape index (κ2) is 10.9. The standard InChI is InChI=1S/C14H27N5.HI/c1-5-11(3)18-14(15-6-2)16-9-7-8-13-10-17-19-12(13)4;/h10-11H,5-9H2,1-4H3,(H,17,19)(H2,15,16,18);1H. The van der Waals surface area contributed by atoms with E-state index in [2.05, 4.69) is 53.5 Å². The molecule has 20 heavy (non-hydrogen) atoms. The highest BCUT2D eigenvalue weighted by Gasteiger charge is 2.03. The predicted molar refractivity (Wildman–Crippen MR) is 95.9 cm³/mol. The predicted octanol–water partition coefficient (Wildman–Crippen LogP) is 2.62. The van der Waals surface area contributed by atoms with Gasteiger partial charge < -0.3 is 10.6 Å². The van der Waals surface area contributed by atoms with Crippen LogP contribution in [0.5, 0.6) is 0 Å². The zero-order valence-electron chi connectivity index (χ0n) is 13.0. The Morgan fingerprint density at radius 3 is 2.75 bits per heavy atom. The molecule has 5 nitrogen and oxygen atoms in total. The quantitative estimate of drug-likeness (QED) is 0.289. The number of hydrogen-bond donors (Lipinski definition) is 3. The summed E-state index contributed by atoms with van der Waals surface area (Å²) in [6.45, 7) is 10.2. The molecule has 0 aliphatic rings. The molecule has 3 N–H and O–H groups in total. The molecule has 0 amide bonds. The number of aryl methyl sites for hydroxylation is 2. The Morgan fingerprint density at radius 1 is 1.45 bits per heavy atom. The van der Waals surface area contributed by atoms with Crippen LogP contribution in [0.1, 0.15) is 44.9 Å². The summed E-state index contributed by atoms with van der Waals surface area (Å²) in [6.07, 6.45) is 5.06. The lowest BCUT2D eigenvalue weighted by atomic mass is 10.1. The Labute approximate surface area is 139 Å². The number of halogens is 1. The Bertz CT molecular complexity index is 389. The molecule has 0 spiro atoms. The van der Waals surface area contributed by atoms with E-state index in [0.29, 0.717) is 6.04 Å². The summed E-state index contributed by atoms with van der Waals surface area (Å²) in [5.74, 6) is 0.917. The van der Waals surface area contributed by atoms with Crippen molar-refractivity contribution >= 4 is 29.9 Å². The molecule has 6 heteroatoms. The zero-order valence-corrected chi connectivity index (χ0v) is 15.3. The third kappa shape index (κ3) is 7.12. The summed E-state index contributed by atoms with van der Waals surface area (Å²) in [5, 5.41) is 13.7. The average Bonchev–Trinajstić information content (AvgIpc) is 2.80. The van der Waals surface area contributed by atoms with E-state index in [1.54, 1.807) is 0 Å². The number of guanidine groups is 1. The third-order valence-electron chi connectivity index (χ3n) is 3.15. The Kier molecular flexibility index (Phi) is 10.5. The van der Waals surface area contributed by atoms with Gasteiger partial charge in [0.2, 0.25) is 0 Å². The third-order valence-corrected chi connectivity index (χ3v) is 3.15. The Balaban J connectivity index is 0.00000361. The zero-order chi connectivity index (χ0) is 14.1. The van der Waals surface area contributed by atoms with Gasteiger partial charge in [0.25, 0.3) is 0 Å². The van der Waals surface area contributed by atoms with Gasteiger partial charge in [0.15, 0.2) is 5.96 Å². The molecule has 1 unspecified atom stereocenters. The largest absolute Gasteiger partial charge is 0.357 e. The number of nitrogens with one attached hydrogen (secondary N) is 3. The van der Waals surface area contributed by atoms with Gasteiger partial charge in [0.05, 0.1) is 6.20 Å². The maximum atomic E-state index is 4.59. The first-order valence-electron chi connectivity index (χ1n) is 7.21. The van der Waals surface area contributed by atoms with Gasteiger partial charge in [-0.3, -0.25) is 10.1 Å². The van der Waals surface area contributed by atoms with Crippen LogP contribution in [0.4, 0.5) is 0 Å². The number of aliphatic imine (C=N–C) groups is 1. The SMILES string of the molecule is CCNC(=NCCCc1cn[nH]c1C)NC(C)CC.I. The highest BCUT2D eigenvalue weighted by Crippen LogP contribution is 2.05. The number of hydrogen-bond acceptors (Lipinski definition) is 2. The highest BCUT2D eigenvalue weighted by molar-refractivity contribution is 14.0. The normalized spacial score (nSPS) is 12.7. The minimum atomic E-state index is 0. The van der Waals surface area contributed by atoms with Crippen LogP contribution in [0.2, 0.25) is 0 Å². The first kappa shape index (κ1) is 19.2. The molecule has 1 heterocycles. The van der Waals surface area contributed by atoms with E-state index in [0.717, 1.165) is 44.0 Å². The molecule has 1 atom stereocenters. The molecular weight excluding hydrogens is 365 g/mol. The van der Waals surface area contributed by atoms with E-state index in [4.69, 9.17) is 0 Å². The van der Waals surface area contributed by atoms with Crippen LogP contribution in [0.25, 0.3) is 0 Å².